The second kappa shape index (κ2) is 7.64. The van der Waals surface area contributed by atoms with E-state index in [2.05, 4.69) is 15.4 Å². The van der Waals surface area contributed by atoms with E-state index >= 15 is 0 Å². The van der Waals surface area contributed by atoms with Gasteiger partial charge in [-0.2, -0.15) is 5.10 Å². The van der Waals surface area contributed by atoms with E-state index in [0.717, 1.165) is 21.1 Å². The van der Waals surface area contributed by atoms with Crippen LogP contribution in [0, 0.1) is 6.92 Å². The van der Waals surface area contributed by atoms with E-state index in [-0.39, 0.29) is 5.91 Å². The molecule has 0 bridgehead atoms. The minimum absolute atomic E-state index is 0.186. The number of nitrogens with one attached hydrogen (secondary N) is 1. The number of aryl methyl sites for hydroxylation is 1. The predicted octanol–water partition coefficient (Wildman–Crippen LogP) is 5.33. The summed E-state index contributed by atoms with van der Waals surface area (Å²) >= 11 is 9.24. The summed E-state index contributed by atoms with van der Waals surface area (Å²) < 4.78 is 1.72. The van der Waals surface area contributed by atoms with Gasteiger partial charge in [0, 0.05) is 11.1 Å². The minimum atomic E-state index is -0.186. The van der Waals surface area contributed by atoms with Gasteiger partial charge in [-0.15, -0.1) is 22.7 Å². The first kappa shape index (κ1) is 17.9. The van der Waals surface area contributed by atoms with E-state index in [0.29, 0.717) is 22.3 Å². The molecule has 136 valence electrons. The van der Waals surface area contributed by atoms with Crippen molar-refractivity contribution in [1.82, 2.24) is 14.8 Å². The molecule has 0 aliphatic carbocycles. The van der Waals surface area contributed by atoms with Crippen LogP contribution in [0.15, 0.2) is 54.0 Å². The average Bonchev–Trinajstić information content (AvgIpc) is 3.38. The molecule has 1 N–H and O–H groups in total. The van der Waals surface area contributed by atoms with E-state index < -0.39 is 0 Å². The fourth-order valence-electron chi connectivity index (χ4n) is 2.64. The molecule has 0 aliphatic rings. The van der Waals surface area contributed by atoms with Crippen molar-refractivity contribution in [3.63, 3.8) is 0 Å². The number of amides is 1. The van der Waals surface area contributed by atoms with Gasteiger partial charge in [-0.1, -0.05) is 35.9 Å². The largest absolute Gasteiger partial charge is 0.306 e. The molecule has 0 fully saturated rings. The first-order valence-electron chi connectivity index (χ1n) is 8.19. The number of hydrogen-bond donors (Lipinski definition) is 1. The Labute approximate surface area is 169 Å². The molecule has 0 spiro atoms. The number of carbonyl (C=O) groups excluding carboxylic acids is 1. The number of anilines is 1. The number of carbonyl (C=O) groups is 1. The SMILES string of the molecule is Cc1nc(-c2cccs2)sc1C(=O)Nc1ccnn1Cc1ccccc1Cl. The van der Waals surface area contributed by atoms with Crippen LogP contribution >= 0.6 is 34.3 Å². The van der Waals surface area contributed by atoms with Crippen LogP contribution < -0.4 is 5.32 Å². The normalized spacial score (nSPS) is 10.9. The number of hydrogen-bond acceptors (Lipinski definition) is 5. The molecule has 1 amide bonds. The number of aromatic nitrogens is 3. The van der Waals surface area contributed by atoms with Gasteiger partial charge in [0.25, 0.3) is 5.91 Å². The lowest BCUT2D eigenvalue weighted by Crippen LogP contribution is -2.16. The summed E-state index contributed by atoms with van der Waals surface area (Å²) in [7, 11) is 0. The molecule has 0 radical (unpaired) electrons. The lowest BCUT2D eigenvalue weighted by atomic mass is 10.2. The van der Waals surface area contributed by atoms with Crippen LogP contribution in [0.1, 0.15) is 20.9 Å². The maximum atomic E-state index is 12.8. The van der Waals surface area contributed by atoms with Crippen molar-refractivity contribution < 1.29 is 4.79 Å². The van der Waals surface area contributed by atoms with Crippen molar-refractivity contribution in [2.24, 2.45) is 0 Å². The molecule has 5 nitrogen and oxygen atoms in total. The molecule has 0 unspecified atom stereocenters. The Morgan fingerprint density at radius 3 is 2.85 bits per heavy atom. The van der Waals surface area contributed by atoms with Crippen LogP contribution in [-0.2, 0) is 6.54 Å². The Balaban J connectivity index is 1.55. The molecule has 27 heavy (non-hydrogen) atoms. The summed E-state index contributed by atoms with van der Waals surface area (Å²) in [5, 5.41) is 10.8. The van der Waals surface area contributed by atoms with E-state index in [1.165, 1.54) is 11.3 Å². The van der Waals surface area contributed by atoms with Crippen molar-refractivity contribution in [3.05, 3.63) is 75.2 Å². The average molecular weight is 415 g/mol. The molecular formula is C19H15ClN4OS2. The van der Waals surface area contributed by atoms with Crippen molar-refractivity contribution in [1.29, 1.82) is 0 Å². The summed E-state index contributed by atoms with van der Waals surface area (Å²) in [6.07, 6.45) is 1.66. The van der Waals surface area contributed by atoms with Crippen molar-refractivity contribution in [2.75, 3.05) is 5.32 Å². The topological polar surface area (TPSA) is 59.8 Å². The van der Waals surface area contributed by atoms with Crippen molar-refractivity contribution >= 4 is 46.0 Å². The van der Waals surface area contributed by atoms with Gasteiger partial charge in [0.15, 0.2) is 0 Å². The molecule has 0 atom stereocenters. The van der Waals surface area contributed by atoms with Gasteiger partial charge in [0.1, 0.15) is 15.7 Å². The zero-order valence-electron chi connectivity index (χ0n) is 14.3. The number of rotatable bonds is 5. The summed E-state index contributed by atoms with van der Waals surface area (Å²) in [6, 6.07) is 13.3. The van der Waals surface area contributed by atoms with Gasteiger partial charge >= 0.3 is 0 Å². The Hall–Kier alpha value is -2.48. The first-order valence-corrected chi connectivity index (χ1v) is 10.3. The molecule has 0 saturated heterocycles. The van der Waals surface area contributed by atoms with Gasteiger partial charge in [0.2, 0.25) is 0 Å². The number of thiazole rings is 1. The van der Waals surface area contributed by atoms with Crippen LogP contribution in [0.4, 0.5) is 5.82 Å². The quantitative estimate of drug-likeness (QED) is 0.480. The second-order valence-corrected chi connectivity index (χ2v) is 8.18. The van der Waals surface area contributed by atoms with Crippen LogP contribution in [0.3, 0.4) is 0 Å². The lowest BCUT2D eigenvalue weighted by molar-refractivity contribution is 0.102. The number of halogens is 1. The molecule has 3 aromatic heterocycles. The highest BCUT2D eigenvalue weighted by molar-refractivity contribution is 7.22. The highest BCUT2D eigenvalue weighted by Gasteiger charge is 2.18. The molecule has 1 aromatic carbocycles. The van der Waals surface area contributed by atoms with Gasteiger partial charge in [-0.05, 0) is 30.0 Å². The second-order valence-electron chi connectivity index (χ2n) is 5.83. The van der Waals surface area contributed by atoms with Gasteiger partial charge in [-0.25, -0.2) is 9.67 Å². The standard InChI is InChI=1S/C19H15ClN4OS2/c1-12-17(27-19(22-12)15-7-4-10-26-15)18(25)23-16-8-9-21-24(16)11-13-5-2-3-6-14(13)20/h2-10H,11H2,1H3,(H,23,25). The Morgan fingerprint density at radius 1 is 1.22 bits per heavy atom. The third-order valence-electron chi connectivity index (χ3n) is 3.97. The summed E-state index contributed by atoms with van der Waals surface area (Å²) in [5.74, 6) is 0.430. The predicted molar refractivity (Wildman–Crippen MR) is 111 cm³/mol. The molecule has 8 heteroatoms. The van der Waals surface area contributed by atoms with Crippen LogP contribution in [0.25, 0.3) is 9.88 Å². The van der Waals surface area contributed by atoms with E-state index in [1.807, 2.05) is 48.7 Å². The van der Waals surface area contributed by atoms with E-state index in [1.54, 1.807) is 28.3 Å². The van der Waals surface area contributed by atoms with Crippen LogP contribution in [0.2, 0.25) is 5.02 Å². The summed E-state index contributed by atoms with van der Waals surface area (Å²) in [4.78, 5) is 19.0. The van der Waals surface area contributed by atoms with Crippen LogP contribution in [0.5, 0.6) is 0 Å². The Bertz CT molecular complexity index is 1090. The fraction of sp³-hybridized carbons (Fsp3) is 0.105. The first-order chi connectivity index (χ1) is 13.1. The van der Waals surface area contributed by atoms with Crippen molar-refractivity contribution in [3.8, 4) is 9.88 Å². The molecular weight excluding hydrogens is 400 g/mol. The molecule has 3 heterocycles. The highest BCUT2D eigenvalue weighted by atomic mass is 35.5. The Kier molecular flexibility index (Phi) is 5.07. The number of benzene rings is 1. The monoisotopic (exact) mass is 414 g/mol. The maximum absolute atomic E-state index is 12.8. The molecule has 4 aromatic rings. The minimum Gasteiger partial charge on any atom is -0.306 e. The van der Waals surface area contributed by atoms with Gasteiger partial charge < -0.3 is 5.32 Å². The fourth-order valence-corrected chi connectivity index (χ4v) is 4.59. The molecule has 4 rings (SSSR count). The molecule has 0 saturated carbocycles. The number of nitrogens with zero attached hydrogens (tertiary/aromatic N) is 3. The van der Waals surface area contributed by atoms with E-state index in [9.17, 15) is 4.79 Å². The summed E-state index contributed by atoms with van der Waals surface area (Å²) in [6.45, 7) is 2.33. The highest BCUT2D eigenvalue weighted by Crippen LogP contribution is 2.31. The van der Waals surface area contributed by atoms with Gasteiger partial charge in [-0.3, -0.25) is 4.79 Å². The van der Waals surface area contributed by atoms with Crippen molar-refractivity contribution in [2.45, 2.75) is 13.5 Å². The van der Waals surface area contributed by atoms with E-state index in [4.69, 9.17) is 11.6 Å². The maximum Gasteiger partial charge on any atom is 0.268 e. The zero-order chi connectivity index (χ0) is 18.8. The van der Waals surface area contributed by atoms with Crippen LogP contribution in [-0.4, -0.2) is 20.7 Å². The summed E-state index contributed by atoms with van der Waals surface area (Å²) in [5.41, 5.74) is 1.66. The molecule has 0 aliphatic heterocycles. The zero-order valence-corrected chi connectivity index (χ0v) is 16.7. The van der Waals surface area contributed by atoms with Gasteiger partial charge in [0.05, 0.1) is 23.3 Å². The smallest absolute Gasteiger partial charge is 0.268 e. The third-order valence-corrected chi connectivity index (χ3v) is 6.53. The lowest BCUT2D eigenvalue weighted by Gasteiger charge is -2.09. The number of thiophene rings is 1. The Morgan fingerprint density at radius 2 is 2.07 bits per heavy atom. The third kappa shape index (κ3) is 3.80.